The molecule has 2 heterocycles. The maximum atomic E-state index is 5.19. The highest BCUT2D eigenvalue weighted by atomic mass is 16.5. The van der Waals surface area contributed by atoms with Gasteiger partial charge in [0.25, 0.3) is 0 Å². The van der Waals surface area contributed by atoms with Crippen LogP contribution < -0.4 is 10.1 Å². The van der Waals surface area contributed by atoms with E-state index in [1.165, 1.54) is 5.56 Å². The molecular weight excluding hydrogens is 202 g/mol. The van der Waals surface area contributed by atoms with Gasteiger partial charge in [-0.1, -0.05) is 0 Å². The second kappa shape index (κ2) is 4.53. The van der Waals surface area contributed by atoms with Crippen molar-refractivity contribution in [1.29, 1.82) is 0 Å². The highest BCUT2D eigenvalue weighted by molar-refractivity contribution is 5.82. The summed E-state index contributed by atoms with van der Waals surface area (Å²) >= 11 is 0. The topological polar surface area (TPSA) is 49.9 Å². The molecule has 2 rings (SSSR count). The number of aromatic nitrogens is 2. The van der Waals surface area contributed by atoms with E-state index in [-0.39, 0.29) is 0 Å². The number of H-pyrrole nitrogens is 1. The van der Waals surface area contributed by atoms with E-state index in [4.69, 9.17) is 4.74 Å². The van der Waals surface area contributed by atoms with Crippen molar-refractivity contribution in [2.45, 2.75) is 13.3 Å². The Morgan fingerprint density at radius 3 is 3.00 bits per heavy atom. The number of rotatable bonds is 4. The van der Waals surface area contributed by atoms with E-state index < -0.39 is 0 Å². The first-order chi connectivity index (χ1) is 7.76. The Balaban J connectivity index is 2.47. The maximum absolute atomic E-state index is 5.19. The SMILES string of the molecule is CNCCc1c[nH]c2c(C)cc(OC)nc12. The Kier molecular flexibility index (Phi) is 3.10. The van der Waals surface area contributed by atoms with Crippen molar-refractivity contribution < 1.29 is 4.74 Å². The summed E-state index contributed by atoms with van der Waals surface area (Å²) in [5.74, 6) is 0.676. The number of pyridine rings is 1. The molecule has 0 aromatic carbocycles. The molecule has 2 aromatic heterocycles. The second-order valence-electron chi connectivity index (χ2n) is 3.87. The number of aromatic amines is 1. The third kappa shape index (κ3) is 1.88. The average molecular weight is 219 g/mol. The summed E-state index contributed by atoms with van der Waals surface area (Å²) in [6.07, 6.45) is 3.00. The Morgan fingerprint density at radius 1 is 1.50 bits per heavy atom. The third-order valence-electron chi connectivity index (χ3n) is 2.74. The molecule has 16 heavy (non-hydrogen) atoms. The van der Waals surface area contributed by atoms with Gasteiger partial charge in [-0.25, -0.2) is 4.98 Å². The van der Waals surface area contributed by atoms with E-state index >= 15 is 0 Å². The van der Waals surface area contributed by atoms with Crippen LogP contribution in [0, 0.1) is 6.92 Å². The van der Waals surface area contributed by atoms with Crippen molar-refractivity contribution in [2.24, 2.45) is 0 Å². The molecule has 0 spiro atoms. The first kappa shape index (κ1) is 11.0. The van der Waals surface area contributed by atoms with Crippen molar-refractivity contribution in [3.05, 3.63) is 23.4 Å². The minimum absolute atomic E-state index is 0.676. The molecule has 0 fully saturated rings. The van der Waals surface area contributed by atoms with Crippen molar-refractivity contribution in [1.82, 2.24) is 15.3 Å². The molecule has 0 saturated heterocycles. The van der Waals surface area contributed by atoms with Gasteiger partial charge in [0.2, 0.25) is 5.88 Å². The molecule has 0 aliphatic rings. The Morgan fingerprint density at radius 2 is 2.31 bits per heavy atom. The molecule has 0 unspecified atom stereocenters. The van der Waals surface area contributed by atoms with Crippen molar-refractivity contribution in [2.75, 3.05) is 20.7 Å². The lowest BCUT2D eigenvalue weighted by Gasteiger charge is -2.03. The van der Waals surface area contributed by atoms with E-state index in [1.54, 1.807) is 7.11 Å². The van der Waals surface area contributed by atoms with Gasteiger partial charge < -0.3 is 15.0 Å². The van der Waals surface area contributed by atoms with Gasteiger partial charge >= 0.3 is 0 Å². The molecule has 86 valence electrons. The van der Waals surface area contributed by atoms with Gasteiger partial charge in [0, 0.05) is 12.3 Å². The number of nitrogens with zero attached hydrogens (tertiary/aromatic N) is 1. The quantitative estimate of drug-likeness (QED) is 0.822. The Bertz CT molecular complexity index is 490. The summed E-state index contributed by atoms with van der Waals surface area (Å²) in [7, 11) is 3.60. The number of fused-ring (bicyclic) bond motifs is 1. The molecule has 2 N–H and O–H groups in total. The van der Waals surface area contributed by atoms with Gasteiger partial charge in [-0.05, 0) is 38.1 Å². The number of aryl methyl sites for hydroxylation is 1. The minimum Gasteiger partial charge on any atom is -0.481 e. The fraction of sp³-hybridized carbons (Fsp3) is 0.417. The van der Waals surface area contributed by atoms with E-state index in [2.05, 4.69) is 22.2 Å². The van der Waals surface area contributed by atoms with E-state index in [1.807, 2.05) is 19.3 Å². The Hall–Kier alpha value is -1.55. The number of hydrogen-bond donors (Lipinski definition) is 2. The van der Waals surface area contributed by atoms with Crippen LogP contribution in [0.15, 0.2) is 12.3 Å². The lowest BCUT2D eigenvalue weighted by atomic mass is 10.1. The van der Waals surface area contributed by atoms with E-state index in [9.17, 15) is 0 Å². The van der Waals surface area contributed by atoms with Crippen LogP contribution in [-0.4, -0.2) is 30.7 Å². The van der Waals surface area contributed by atoms with Gasteiger partial charge in [-0.2, -0.15) is 0 Å². The summed E-state index contributed by atoms with van der Waals surface area (Å²) in [6, 6.07) is 1.95. The lowest BCUT2D eigenvalue weighted by Crippen LogP contribution is -2.10. The zero-order chi connectivity index (χ0) is 11.5. The fourth-order valence-corrected chi connectivity index (χ4v) is 1.84. The third-order valence-corrected chi connectivity index (χ3v) is 2.74. The predicted molar refractivity (Wildman–Crippen MR) is 65.0 cm³/mol. The molecule has 0 radical (unpaired) electrons. The maximum Gasteiger partial charge on any atom is 0.213 e. The fourth-order valence-electron chi connectivity index (χ4n) is 1.84. The zero-order valence-electron chi connectivity index (χ0n) is 9.92. The van der Waals surface area contributed by atoms with Crippen LogP contribution in [0.3, 0.4) is 0 Å². The van der Waals surface area contributed by atoms with Gasteiger partial charge in [0.1, 0.15) is 0 Å². The van der Waals surface area contributed by atoms with Gasteiger partial charge in [0.15, 0.2) is 0 Å². The van der Waals surface area contributed by atoms with Crippen LogP contribution in [-0.2, 0) is 6.42 Å². The summed E-state index contributed by atoms with van der Waals surface area (Å²) < 4.78 is 5.19. The number of hydrogen-bond acceptors (Lipinski definition) is 3. The van der Waals surface area contributed by atoms with E-state index in [0.717, 1.165) is 29.6 Å². The van der Waals surface area contributed by atoms with Crippen molar-refractivity contribution >= 4 is 11.0 Å². The number of nitrogens with one attached hydrogen (secondary N) is 2. The molecule has 0 aliphatic heterocycles. The molecule has 0 saturated carbocycles. The molecular formula is C12H17N3O. The van der Waals surface area contributed by atoms with Gasteiger partial charge in [-0.3, -0.25) is 0 Å². The predicted octanol–water partition coefficient (Wildman–Crippen LogP) is 1.64. The number of ether oxygens (including phenoxy) is 1. The summed E-state index contributed by atoms with van der Waals surface area (Å²) in [5, 5.41) is 3.14. The normalized spacial score (nSPS) is 10.9. The highest BCUT2D eigenvalue weighted by Crippen LogP contribution is 2.23. The summed E-state index contributed by atoms with van der Waals surface area (Å²) in [6.45, 7) is 3.01. The highest BCUT2D eigenvalue weighted by Gasteiger charge is 2.09. The van der Waals surface area contributed by atoms with Crippen LogP contribution in [0.1, 0.15) is 11.1 Å². The van der Waals surface area contributed by atoms with Crippen LogP contribution in [0.25, 0.3) is 11.0 Å². The molecule has 0 amide bonds. The molecule has 4 heteroatoms. The van der Waals surface area contributed by atoms with Gasteiger partial charge in [0.05, 0.1) is 18.1 Å². The molecule has 2 aromatic rings. The second-order valence-corrected chi connectivity index (χ2v) is 3.87. The monoisotopic (exact) mass is 219 g/mol. The minimum atomic E-state index is 0.676. The average Bonchev–Trinajstić information content (AvgIpc) is 2.70. The van der Waals surface area contributed by atoms with Crippen LogP contribution >= 0.6 is 0 Å². The summed E-state index contributed by atoms with van der Waals surface area (Å²) in [4.78, 5) is 7.76. The number of likely N-dealkylation sites (N-methyl/N-ethyl adjacent to an activating group) is 1. The Labute approximate surface area is 95.0 Å². The first-order valence-electron chi connectivity index (χ1n) is 5.42. The lowest BCUT2D eigenvalue weighted by molar-refractivity contribution is 0.399. The van der Waals surface area contributed by atoms with E-state index in [0.29, 0.717) is 5.88 Å². The molecule has 0 aliphatic carbocycles. The zero-order valence-corrected chi connectivity index (χ0v) is 9.92. The van der Waals surface area contributed by atoms with Crippen LogP contribution in [0.5, 0.6) is 5.88 Å². The molecule has 0 atom stereocenters. The number of methoxy groups -OCH3 is 1. The van der Waals surface area contributed by atoms with Crippen LogP contribution in [0.4, 0.5) is 0 Å². The summed E-state index contributed by atoms with van der Waals surface area (Å²) in [5.41, 5.74) is 4.52. The largest absolute Gasteiger partial charge is 0.481 e. The first-order valence-corrected chi connectivity index (χ1v) is 5.42. The molecule has 4 nitrogen and oxygen atoms in total. The standard InChI is InChI=1S/C12H17N3O/c1-8-6-10(16-3)15-12-9(4-5-13-2)7-14-11(8)12/h6-7,13-14H,4-5H2,1-3H3. The smallest absolute Gasteiger partial charge is 0.213 e. The molecule has 0 bridgehead atoms. The van der Waals surface area contributed by atoms with Gasteiger partial charge in [-0.15, -0.1) is 0 Å². The van der Waals surface area contributed by atoms with Crippen LogP contribution in [0.2, 0.25) is 0 Å². The van der Waals surface area contributed by atoms with Crippen molar-refractivity contribution in [3.63, 3.8) is 0 Å². The van der Waals surface area contributed by atoms with Crippen molar-refractivity contribution in [3.8, 4) is 5.88 Å².